The molecule has 0 radical (unpaired) electrons. The van der Waals surface area contributed by atoms with Gasteiger partial charge in [-0.1, -0.05) is 18.2 Å². The van der Waals surface area contributed by atoms with Crippen molar-refractivity contribution in [3.8, 4) is 5.75 Å². The average molecular weight is 445 g/mol. The molecule has 1 aliphatic carbocycles. The van der Waals surface area contributed by atoms with Crippen LogP contribution in [0.3, 0.4) is 0 Å². The summed E-state index contributed by atoms with van der Waals surface area (Å²) in [7, 11) is 1.67. The Kier molecular flexibility index (Phi) is 5.40. The summed E-state index contributed by atoms with van der Waals surface area (Å²) in [5.74, 6) is 0.726. The minimum absolute atomic E-state index is 0.0816. The Balaban J connectivity index is 1.45. The minimum Gasteiger partial charge on any atom is -0.497 e. The van der Waals surface area contributed by atoms with E-state index in [4.69, 9.17) is 4.74 Å². The van der Waals surface area contributed by atoms with Gasteiger partial charge in [-0.25, -0.2) is 4.68 Å². The number of H-pyrrole nitrogens is 1. The molecule has 2 heterocycles. The van der Waals surface area contributed by atoms with Crippen LogP contribution in [0.15, 0.2) is 47.3 Å². The van der Waals surface area contributed by atoms with Crippen LogP contribution in [-0.2, 0) is 17.6 Å². The quantitative estimate of drug-likeness (QED) is 0.483. The molecule has 4 aromatic rings. The standard InChI is InChI=1S/C26H28N4O3/c1-15(2)30-26(32)19-8-5-4-7-17(19)23(29-30)14-24(31)27-22-10-6-9-18-20-13-16(33-3)11-12-21(20)28-25(18)22/h4-5,7-8,11-13,15,22,28H,6,9-10,14H2,1-3H3,(H,27,31)/t22-/m0/s1. The SMILES string of the molecule is COc1ccc2[nH]c3c(c2c1)CCC[C@@H]3NC(=O)Cc1nn(C(C)C)c(=O)c2ccccc12. The van der Waals surface area contributed by atoms with Crippen molar-refractivity contribution in [2.24, 2.45) is 0 Å². The molecule has 0 saturated carbocycles. The molecule has 7 heteroatoms. The lowest BCUT2D eigenvalue weighted by atomic mass is 9.91. The highest BCUT2D eigenvalue weighted by atomic mass is 16.5. The predicted octanol–water partition coefficient (Wildman–Crippen LogP) is 4.20. The van der Waals surface area contributed by atoms with Crippen LogP contribution >= 0.6 is 0 Å². The fraction of sp³-hybridized carbons (Fsp3) is 0.346. The van der Waals surface area contributed by atoms with Crippen LogP contribution in [0.2, 0.25) is 0 Å². The maximum absolute atomic E-state index is 13.1. The Hall–Kier alpha value is -3.61. The predicted molar refractivity (Wildman–Crippen MR) is 129 cm³/mol. The van der Waals surface area contributed by atoms with Gasteiger partial charge in [0.05, 0.1) is 36.7 Å². The number of aromatic nitrogens is 3. The maximum atomic E-state index is 13.1. The van der Waals surface area contributed by atoms with Gasteiger partial charge in [-0.15, -0.1) is 0 Å². The molecule has 2 aromatic carbocycles. The highest BCUT2D eigenvalue weighted by Gasteiger charge is 2.26. The largest absolute Gasteiger partial charge is 0.497 e. The summed E-state index contributed by atoms with van der Waals surface area (Å²) in [4.78, 5) is 29.4. The summed E-state index contributed by atoms with van der Waals surface area (Å²) in [5, 5.41) is 10.2. The van der Waals surface area contributed by atoms with E-state index in [1.165, 1.54) is 10.2 Å². The zero-order valence-electron chi connectivity index (χ0n) is 19.1. The van der Waals surface area contributed by atoms with Crippen molar-refractivity contribution >= 4 is 27.6 Å². The number of rotatable bonds is 5. The van der Waals surface area contributed by atoms with Crippen molar-refractivity contribution in [2.75, 3.05) is 7.11 Å². The van der Waals surface area contributed by atoms with Gasteiger partial charge < -0.3 is 15.0 Å². The summed E-state index contributed by atoms with van der Waals surface area (Å²) in [6.07, 6.45) is 2.97. The zero-order valence-corrected chi connectivity index (χ0v) is 19.1. The fourth-order valence-corrected chi connectivity index (χ4v) is 4.87. The van der Waals surface area contributed by atoms with Gasteiger partial charge in [0.2, 0.25) is 5.91 Å². The third-order valence-corrected chi connectivity index (χ3v) is 6.47. The number of nitrogens with one attached hydrogen (secondary N) is 2. The van der Waals surface area contributed by atoms with Crippen molar-refractivity contribution in [3.05, 3.63) is 69.8 Å². The molecule has 0 spiro atoms. The number of ether oxygens (including phenoxy) is 1. The van der Waals surface area contributed by atoms with Gasteiger partial charge in [-0.3, -0.25) is 9.59 Å². The second kappa shape index (κ2) is 8.39. The molecule has 1 amide bonds. The summed E-state index contributed by atoms with van der Waals surface area (Å²) in [6.45, 7) is 3.84. The average Bonchev–Trinajstić information content (AvgIpc) is 3.19. The maximum Gasteiger partial charge on any atom is 0.274 e. The zero-order chi connectivity index (χ0) is 23.1. The first-order chi connectivity index (χ1) is 16.0. The van der Waals surface area contributed by atoms with Gasteiger partial charge in [-0.05, 0) is 62.9 Å². The topological polar surface area (TPSA) is 89.0 Å². The van der Waals surface area contributed by atoms with Crippen LogP contribution in [-0.4, -0.2) is 27.8 Å². The van der Waals surface area contributed by atoms with Crippen LogP contribution in [0, 0.1) is 0 Å². The summed E-state index contributed by atoms with van der Waals surface area (Å²) >= 11 is 0. The van der Waals surface area contributed by atoms with Crippen molar-refractivity contribution in [1.29, 1.82) is 0 Å². The van der Waals surface area contributed by atoms with E-state index in [2.05, 4.69) is 21.5 Å². The molecule has 1 atom stereocenters. The number of benzene rings is 2. The molecule has 0 fully saturated rings. The summed E-state index contributed by atoms with van der Waals surface area (Å²) < 4.78 is 6.86. The molecule has 1 aliphatic rings. The fourth-order valence-electron chi connectivity index (χ4n) is 4.87. The summed E-state index contributed by atoms with van der Waals surface area (Å²) in [6, 6.07) is 13.2. The number of aromatic amines is 1. The number of hydrogen-bond donors (Lipinski definition) is 2. The Labute approximate surface area is 191 Å². The number of carbonyl (C=O) groups is 1. The molecule has 170 valence electrons. The number of hydrogen-bond acceptors (Lipinski definition) is 4. The summed E-state index contributed by atoms with van der Waals surface area (Å²) in [5.41, 5.74) is 3.86. The number of aryl methyl sites for hydroxylation is 1. The molecule has 0 saturated heterocycles. The molecule has 0 unspecified atom stereocenters. The van der Waals surface area contributed by atoms with Gasteiger partial charge in [0.1, 0.15) is 5.75 Å². The van der Waals surface area contributed by atoms with E-state index >= 15 is 0 Å². The monoisotopic (exact) mass is 444 g/mol. The molecule has 0 aliphatic heterocycles. The van der Waals surface area contributed by atoms with Crippen LogP contribution in [0.1, 0.15) is 55.7 Å². The van der Waals surface area contributed by atoms with E-state index < -0.39 is 0 Å². The molecular weight excluding hydrogens is 416 g/mol. The van der Waals surface area contributed by atoms with Gasteiger partial charge in [0, 0.05) is 22.0 Å². The minimum atomic E-state index is -0.129. The molecular formula is C26H28N4O3. The molecule has 2 aromatic heterocycles. The number of carbonyl (C=O) groups excluding carboxylic acids is 1. The van der Waals surface area contributed by atoms with Crippen LogP contribution in [0.25, 0.3) is 21.7 Å². The smallest absolute Gasteiger partial charge is 0.274 e. The van der Waals surface area contributed by atoms with E-state index in [1.807, 2.05) is 44.2 Å². The molecule has 33 heavy (non-hydrogen) atoms. The van der Waals surface area contributed by atoms with Gasteiger partial charge in [-0.2, -0.15) is 5.10 Å². The lowest BCUT2D eigenvalue weighted by Gasteiger charge is -2.24. The lowest BCUT2D eigenvalue weighted by Crippen LogP contribution is -2.33. The van der Waals surface area contributed by atoms with Crippen LogP contribution in [0.5, 0.6) is 5.75 Å². The third-order valence-electron chi connectivity index (χ3n) is 6.47. The van der Waals surface area contributed by atoms with Gasteiger partial charge in [0.25, 0.3) is 5.56 Å². The highest BCUT2D eigenvalue weighted by Crippen LogP contribution is 2.36. The molecule has 2 N–H and O–H groups in total. The normalized spacial score (nSPS) is 15.7. The second-order valence-corrected chi connectivity index (χ2v) is 8.95. The first-order valence-electron chi connectivity index (χ1n) is 11.4. The highest BCUT2D eigenvalue weighted by molar-refractivity contribution is 5.89. The second-order valence-electron chi connectivity index (χ2n) is 8.95. The van der Waals surface area contributed by atoms with Gasteiger partial charge >= 0.3 is 0 Å². The lowest BCUT2D eigenvalue weighted by molar-refractivity contribution is -0.121. The van der Waals surface area contributed by atoms with E-state index in [0.717, 1.165) is 47.0 Å². The third kappa shape index (κ3) is 3.77. The van der Waals surface area contributed by atoms with Gasteiger partial charge in [0.15, 0.2) is 0 Å². The first kappa shape index (κ1) is 21.2. The molecule has 5 rings (SSSR count). The van der Waals surface area contributed by atoms with E-state index in [1.54, 1.807) is 13.2 Å². The van der Waals surface area contributed by atoms with Crippen LogP contribution < -0.4 is 15.6 Å². The molecule has 0 bridgehead atoms. The molecule has 7 nitrogen and oxygen atoms in total. The van der Waals surface area contributed by atoms with Crippen molar-refractivity contribution in [2.45, 2.75) is 51.6 Å². The Morgan fingerprint density at radius 2 is 2.00 bits per heavy atom. The Bertz CT molecular complexity index is 1420. The Morgan fingerprint density at radius 1 is 1.21 bits per heavy atom. The van der Waals surface area contributed by atoms with Crippen molar-refractivity contribution in [1.82, 2.24) is 20.1 Å². The van der Waals surface area contributed by atoms with Crippen molar-refractivity contribution < 1.29 is 9.53 Å². The van der Waals surface area contributed by atoms with Crippen molar-refractivity contribution in [3.63, 3.8) is 0 Å². The number of amides is 1. The number of methoxy groups -OCH3 is 1. The number of fused-ring (bicyclic) bond motifs is 4. The number of nitrogens with zero attached hydrogens (tertiary/aromatic N) is 2. The van der Waals surface area contributed by atoms with E-state index in [0.29, 0.717) is 11.1 Å². The van der Waals surface area contributed by atoms with E-state index in [9.17, 15) is 9.59 Å². The Morgan fingerprint density at radius 3 is 2.76 bits per heavy atom. The van der Waals surface area contributed by atoms with E-state index in [-0.39, 0.29) is 30.0 Å². The van der Waals surface area contributed by atoms with Crippen LogP contribution in [0.4, 0.5) is 0 Å². The first-order valence-corrected chi connectivity index (χ1v) is 11.4.